The highest BCUT2D eigenvalue weighted by molar-refractivity contribution is 8.16. The lowest BCUT2D eigenvalue weighted by atomic mass is 9.93. The molecule has 1 amide bonds. The number of benzene rings is 2. The Hall–Kier alpha value is -3.39. The molecular weight excluding hydrogens is 465 g/mol. The Morgan fingerprint density at radius 1 is 1.11 bits per heavy atom. The molecule has 2 aromatic carbocycles. The Labute approximate surface area is 209 Å². The number of amides is 1. The number of carbonyl (C=O) groups is 2. The van der Waals surface area contributed by atoms with E-state index in [4.69, 9.17) is 4.74 Å². The zero-order valence-corrected chi connectivity index (χ0v) is 20.9. The Kier molecular flexibility index (Phi) is 7.40. The monoisotopic (exact) mass is 493 g/mol. The first-order chi connectivity index (χ1) is 16.8. The van der Waals surface area contributed by atoms with Crippen molar-refractivity contribution in [3.05, 3.63) is 93.9 Å². The third-order valence-corrected chi connectivity index (χ3v) is 6.67. The normalized spacial score (nSPS) is 18.1. The maximum atomic E-state index is 15.1. The molecule has 2 aliphatic rings. The number of halogens is 1. The Balaban J connectivity index is 1.64. The SMILES string of the molecule is CC1=C(C(=O)OC(C)C)[C@@H](c2ccccc2F)N2C(CC(=O)N[C@@H](C)c3ccccc3)=CSC2=N1. The van der Waals surface area contributed by atoms with Crippen molar-refractivity contribution in [1.82, 2.24) is 10.2 Å². The van der Waals surface area contributed by atoms with Gasteiger partial charge in [-0.15, -0.1) is 0 Å². The van der Waals surface area contributed by atoms with Crippen LogP contribution in [0.2, 0.25) is 0 Å². The molecule has 6 nitrogen and oxygen atoms in total. The lowest BCUT2D eigenvalue weighted by Crippen LogP contribution is -2.39. The average Bonchev–Trinajstić information content (AvgIpc) is 3.20. The van der Waals surface area contributed by atoms with Crippen LogP contribution >= 0.6 is 11.8 Å². The van der Waals surface area contributed by atoms with E-state index in [9.17, 15) is 9.59 Å². The number of rotatable bonds is 7. The number of amidine groups is 1. The molecule has 2 heterocycles. The fourth-order valence-corrected chi connectivity index (χ4v) is 5.15. The number of allylic oxidation sites excluding steroid dienone is 1. The van der Waals surface area contributed by atoms with Crippen molar-refractivity contribution in [3.8, 4) is 0 Å². The zero-order chi connectivity index (χ0) is 25.1. The van der Waals surface area contributed by atoms with Gasteiger partial charge in [0, 0.05) is 11.3 Å². The van der Waals surface area contributed by atoms with Crippen LogP contribution in [0.3, 0.4) is 0 Å². The number of nitrogens with zero attached hydrogens (tertiary/aromatic N) is 2. The van der Waals surface area contributed by atoms with E-state index in [0.717, 1.165) is 5.56 Å². The fourth-order valence-electron chi connectivity index (χ4n) is 4.18. The molecule has 0 bridgehead atoms. The van der Waals surface area contributed by atoms with Gasteiger partial charge in [0.15, 0.2) is 5.17 Å². The molecule has 0 radical (unpaired) electrons. The number of carbonyl (C=O) groups excluding carboxylic acids is 2. The summed E-state index contributed by atoms with van der Waals surface area (Å²) in [5, 5.41) is 5.45. The van der Waals surface area contributed by atoms with E-state index >= 15 is 4.39 Å². The quantitative estimate of drug-likeness (QED) is 0.507. The third kappa shape index (κ3) is 5.32. The molecule has 0 spiro atoms. The number of esters is 1. The Morgan fingerprint density at radius 3 is 2.49 bits per heavy atom. The minimum atomic E-state index is -0.796. The number of hydrogen-bond donors (Lipinski definition) is 1. The van der Waals surface area contributed by atoms with Gasteiger partial charge in [0.2, 0.25) is 5.91 Å². The minimum absolute atomic E-state index is 0.0553. The maximum Gasteiger partial charge on any atom is 0.338 e. The van der Waals surface area contributed by atoms with E-state index in [-0.39, 0.29) is 30.0 Å². The van der Waals surface area contributed by atoms with Gasteiger partial charge in [-0.1, -0.05) is 60.3 Å². The highest BCUT2D eigenvalue weighted by atomic mass is 32.2. The second kappa shape index (κ2) is 10.5. The van der Waals surface area contributed by atoms with Gasteiger partial charge in [-0.05, 0) is 44.7 Å². The van der Waals surface area contributed by atoms with E-state index < -0.39 is 17.8 Å². The first kappa shape index (κ1) is 24.7. The summed E-state index contributed by atoms with van der Waals surface area (Å²) < 4.78 is 20.6. The van der Waals surface area contributed by atoms with Gasteiger partial charge in [-0.25, -0.2) is 14.2 Å². The van der Waals surface area contributed by atoms with Crippen molar-refractivity contribution in [2.75, 3.05) is 0 Å². The smallest absolute Gasteiger partial charge is 0.338 e. The summed E-state index contributed by atoms with van der Waals surface area (Å²) in [6.07, 6.45) is -0.289. The predicted molar refractivity (Wildman–Crippen MR) is 136 cm³/mol. The van der Waals surface area contributed by atoms with Gasteiger partial charge in [0.05, 0.1) is 35.9 Å². The molecule has 2 atom stereocenters. The van der Waals surface area contributed by atoms with E-state index in [1.54, 1.807) is 43.9 Å². The van der Waals surface area contributed by atoms with Crippen LogP contribution in [-0.2, 0) is 14.3 Å². The molecule has 0 saturated heterocycles. The van der Waals surface area contributed by atoms with Crippen LogP contribution in [0.25, 0.3) is 0 Å². The predicted octanol–water partition coefficient (Wildman–Crippen LogP) is 5.62. The highest BCUT2D eigenvalue weighted by Crippen LogP contribution is 2.45. The molecule has 1 N–H and O–H groups in total. The molecule has 4 rings (SSSR count). The summed E-state index contributed by atoms with van der Waals surface area (Å²) >= 11 is 1.35. The van der Waals surface area contributed by atoms with Gasteiger partial charge in [-0.3, -0.25) is 4.79 Å². The number of nitrogens with one attached hydrogen (secondary N) is 1. The largest absolute Gasteiger partial charge is 0.459 e. The van der Waals surface area contributed by atoms with E-state index in [2.05, 4.69) is 10.3 Å². The van der Waals surface area contributed by atoms with Gasteiger partial charge < -0.3 is 15.0 Å². The summed E-state index contributed by atoms with van der Waals surface area (Å²) in [7, 11) is 0. The molecule has 8 heteroatoms. The number of fused-ring (bicyclic) bond motifs is 1. The molecule has 2 aliphatic heterocycles. The van der Waals surface area contributed by atoms with E-state index in [0.29, 0.717) is 22.1 Å². The standard InChI is InChI=1S/C27H28FN3O3S/c1-16(2)34-26(33)24-18(4)30-27-31(25(24)21-12-8-9-13-22(21)28)20(15-35-27)14-23(32)29-17(3)19-10-6-5-7-11-19/h5-13,15-17,25H,14H2,1-4H3,(H,29,32)/t17-,25+/m0/s1. The van der Waals surface area contributed by atoms with Crippen LogP contribution in [0.1, 0.15) is 57.3 Å². The van der Waals surface area contributed by atoms with Crippen molar-refractivity contribution in [3.63, 3.8) is 0 Å². The van der Waals surface area contributed by atoms with Crippen LogP contribution < -0.4 is 5.32 Å². The minimum Gasteiger partial charge on any atom is -0.459 e. The molecule has 182 valence electrons. The lowest BCUT2D eigenvalue weighted by molar-refractivity contribution is -0.143. The topological polar surface area (TPSA) is 71.0 Å². The summed E-state index contributed by atoms with van der Waals surface area (Å²) in [4.78, 5) is 32.5. The van der Waals surface area contributed by atoms with Crippen LogP contribution in [0.5, 0.6) is 0 Å². The molecule has 0 saturated carbocycles. The van der Waals surface area contributed by atoms with Gasteiger partial charge in [0.1, 0.15) is 5.82 Å². The molecule has 0 aliphatic carbocycles. The second-order valence-corrected chi connectivity index (χ2v) is 9.58. The molecule has 35 heavy (non-hydrogen) atoms. The lowest BCUT2D eigenvalue weighted by Gasteiger charge is -2.36. The number of aliphatic imine (C=N–C) groups is 1. The summed E-state index contributed by atoms with van der Waals surface area (Å²) in [5.41, 5.74) is 2.69. The Morgan fingerprint density at radius 2 is 1.80 bits per heavy atom. The van der Waals surface area contributed by atoms with E-state index in [1.165, 1.54) is 17.8 Å². The molecule has 0 fully saturated rings. The highest BCUT2D eigenvalue weighted by Gasteiger charge is 2.42. The van der Waals surface area contributed by atoms with E-state index in [1.807, 2.05) is 42.7 Å². The first-order valence-corrected chi connectivity index (χ1v) is 12.4. The number of thioether (sulfide) groups is 1. The molecule has 2 aromatic rings. The Bertz CT molecular complexity index is 1220. The van der Waals surface area contributed by atoms with Crippen molar-refractivity contribution in [2.45, 2.75) is 52.3 Å². The number of ether oxygens (including phenoxy) is 1. The van der Waals surface area contributed by atoms with Gasteiger partial charge in [-0.2, -0.15) is 0 Å². The molecule has 0 unspecified atom stereocenters. The van der Waals surface area contributed by atoms with Crippen molar-refractivity contribution in [1.29, 1.82) is 0 Å². The van der Waals surface area contributed by atoms with Crippen LogP contribution in [0.4, 0.5) is 4.39 Å². The average molecular weight is 494 g/mol. The molecule has 0 aromatic heterocycles. The van der Waals surface area contributed by atoms with Crippen molar-refractivity contribution in [2.24, 2.45) is 4.99 Å². The summed E-state index contributed by atoms with van der Waals surface area (Å²) in [6, 6.07) is 15.1. The maximum absolute atomic E-state index is 15.1. The van der Waals surface area contributed by atoms with Crippen LogP contribution in [-0.4, -0.2) is 28.0 Å². The summed E-state index contributed by atoms with van der Waals surface area (Å²) in [6.45, 7) is 7.17. The van der Waals surface area contributed by atoms with Crippen LogP contribution in [0, 0.1) is 5.82 Å². The van der Waals surface area contributed by atoms with Crippen LogP contribution in [0.15, 0.2) is 82.0 Å². The zero-order valence-electron chi connectivity index (χ0n) is 20.1. The second-order valence-electron chi connectivity index (χ2n) is 8.75. The van der Waals surface area contributed by atoms with Crippen molar-refractivity contribution < 1.29 is 18.7 Å². The van der Waals surface area contributed by atoms with Crippen molar-refractivity contribution >= 4 is 28.8 Å². The fraction of sp³-hybridized carbons (Fsp3) is 0.296. The summed E-state index contributed by atoms with van der Waals surface area (Å²) in [5.74, 6) is -1.17. The number of hydrogen-bond acceptors (Lipinski definition) is 6. The van der Waals surface area contributed by atoms with Gasteiger partial charge >= 0.3 is 5.97 Å². The van der Waals surface area contributed by atoms with Gasteiger partial charge in [0.25, 0.3) is 0 Å². The third-order valence-electron chi connectivity index (χ3n) is 5.78. The first-order valence-electron chi connectivity index (χ1n) is 11.5. The molecular formula is C27H28FN3O3S.